The van der Waals surface area contributed by atoms with Gasteiger partial charge in [0.25, 0.3) is 0 Å². The summed E-state index contributed by atoms with van der Waals surface area (Å²) in [5.41, 5.74) is 0.196. The molecule has 0 aliphatic carbocycles. The highest BCUT2D eigenvalue weighted by molar-refractivity contribution is 7.89. The maximum atomic E-state index is 13.0. The van der Waals surface area contributed by atoms with E-state index in [1.165, 1.54) is 13.1 Å². The molecule has 0 aliphatic heterocycles. The Morgan fingerprint density at radius 1 is 1.44 bits per heavy atom. The second kappa shape index (κ2) is 4.90. The summed E-state index contributed by atoms with van der Waals surface area (Å²) in [6, 6.07) is 3.31. The molecule has 90 valence electrons. The molecule has 0 atom stereocenters. The second-order valence-electron chi connectivity index (χ2n) is 3.33. The molecule has 0 aliphatic rings. The number of benzene rings is 1. The van der Waals surface area contributed by atoms with E-state index in [1.54, 1.807) is 6.92 Å². The van der Waals surface area contributed by atoms with Crippen molar-refractivity contribution in [2.45, 2.75) is 18.4 Å². The summed E-state index contributed by atoms with van der Waals surface area (Å²) in [5, 5.41) is 9.02. The van der Waals surface area contributed by atoms with Gasteiger partial charge in [-0.1, -0.05) is 13.0 Å². The van der Waals surface area contributed by atoms with Gasteiger partial charge in [-0.05, 0) is 17.7 Å². The monoisotopic (exact) mass is 247 g/mol. The van der Waals surface area contributed by atoms with E-state index in [9.17, 15) is 12.8 Å². The van der Waals surface area contributed by atoms with Gasteiger partial charge >= 0.3 is 0 Å². The van der Waals surface area contributed by atoms with Gasteiger partial charge in [0, 0.05) is 13.6 Å². The maximum absolute atomic E-state index is 13.0. The van der Waals surface area contributed by atoms with Gasteiger partial charge < -0.3 is 5.11 Å². The Morgan fingerprint density at radius 2 is 2.06 bits per heavy atom. The third-order valence-corrected chi connectivity index (χ3v) is 4.35. The first kappa shape index (κ1) is 13.1. The Bertz CT molecular complexity index is 473. The molecule has 4 nitrogen and oxygen atoms in total. The van der Waals surface area contributed by atoms with Gasteiger partial charge in [-0.15, -0.1) is 0 Å². The van der Waals surface area contributed by atoms with Crippen molar-refractivity contribution in [3.63, 3.8) is 0 Å². The molecule has 1 N–H and O–H groups in total. The molecule has 0 bridgehead atoms. The first-order valence-corrected chi connectivity index (χ1v) is 6.23. The number of nitrogens with zero attached hydrogens (tertiary/aromatic N) is 1. The Balaban J connectivity index is 3.37. The number of hydrogen-bond donors (Lipinski definition) is 1. The average molecular weight is 247 g/mol. The van der Waals surface area contributed by atoms with E-state index in [-0.39, 0.29) is 17.0 Å². The van der Waals surface area contributed by atoms with Crippen LogP contribution in [0.1, 0.15) is 12.5 Å². The SMILES string of the molecule is CCN(C)S(=O)(=O)c1cc(F)ccc1CO. The highest BCUT2D eigenvalue weighted by Gasteiger charge is 2.22. The molecule has 0 spiro atoms. The molecule has 0 radical (unpaired) electrons. The van der Waals surface area contributed by atoms with Crippen molar-refractivity contribution in [2.75, 3.05) is 13.6 Å². The van der Waals surface area contributed by atoms with E-state index in [1.807, 2.05) is 0 Å². The smallest absolute Gasteiger partial charge is 0.243 e. The van der Waals surface area contributed by atoms with Crippen molar-refractivity contribution in [1.82, 2.24) is 4.31 Å². The minimum Gasteiger partial charge on any atom is -0.392 e. The maximum Gasteiger partial charge on any atom is 0.243 e. The number of aliphatic hydroxyl groups is 1. The third-order valence-electron chi connectivity index (χ3n) is 2.33. The molecule has 1 aromatic rings. The fourth-order valence-electron chi connectivity index (χ4n) is 1.24. The first-order valence-electron chi connectivity index (χ1n) is 4.79. The van der Waals surface area contributed by atoms with Crippen LogP contribution in [0.4, 0.5) is 4.39 Å². The molecule has 0 aromatic heterocycles. The van der Waals surface area contributed by atoms with Gasteiger partial charge in [-0.2, -0.15) is 0 Å². The number of sulfonamides is 1. The van der Waals surface area contributed by atoms with Gasteiger partial charge in [0.1, 0.15) is 5.82 Å². The Labute approximate surface area is 94.4 Å². The van der Waals surface area contributed by atoms with Crippen molar-refractivity contribution in [3.8, 4) is 0 Å². The molecule has 0 amide bonds. The number of aliphatic hydroxyl groups excluding tert-OH is 1. The predicted octanol–water partition coefficient (Wildman–Crippen LogP) is 0.958. The lowest BCUT2D eigenvalue weighted by molar-refractivity contribution is 0.278. The Kier molecular flexibility index (Phi) is 4.01. The molecule has 0 heterocycles. The zero-order valence-electron chi connectivity index (χ0n) is 9.14. The zero-order chi connectivity index (χ0) is 12.3. The molecule has 1 rings (SSSR count). The van der Waals surface area contributed by atoms with Crippen LogP contribution in [-0.2, 0) is 16.6 Å². The summed E-state index contributed by atoms with van der Waals surface area (Å²) in [7, 11) is -2.32. The van der Waals surface area contributed by atoms with Crippen LogP contribution in [0, 0.1) is 5.82 Å². The summed E-state index contributed by atoms with van der Waals surface area (Å²) in [5.74, 6) is -0.639. The van der Waals surface area contributed by atoms with Crippen LogP contribution in [0.3, 0.4) is 0 Å². The third kappa shape index (κ3) is 2.40. The average Bonchev–Trinajstić information content (AvgIpc) is 2.27. The summed E-state index contributed by atoms with van der Waals surface area (Å²) in [4.78, 5) is -0.181. The first-order chi connectivity index (χ1) is 7.43. The molecule has 0 fully saturated rings. The Hall–Kier alpha value is -0.980. The van der Waals surface area contributed by atoms with Crippen molar-refractivity contribution in [3.05, 3.63) is 29.6 Å². The quantitative estimate of drug-likeness (QED) is 0.862. The van der Waals surface area contributed by atoms with Gasteiger partial charge in [0.05, 0.1) is 11.5 Å². The highest BCUT2D eigenvalue weighted by atomic mass is 32.2. The minimum absolute atomic E-state index is 0.181. The number of hydrogen-bond acceptors (Lipinski definition) is 3. The van der Waals surface area contributed by atoms with Crippen LogP contribution < -0.4 is 0 Å². The van der Waals surface area contributed by atoms with Crippen LogP contribution in [0.15, 0.2) is 23.1 Å². The van der Waals surface area contributed by atoms with Crippen molar-refractivity contribution in [2.24, 2.45) is 0 Å². The summed E-state index contributed by atoms with van der Waals surface area (Å²) >= 11 is 0. The largest absolute Gasteiger partial charge is 0.392 e. The summed E-state index contributed by atoms with van der Waals surface area (Å²) in [6.45, 7) is 1.52. The van der Waals surface area contributed by atoms with Gasteiger partial charge in [-0.3, -0.25) is 0 Å². The molecule has 16 heavy (non-hydrogen) atoms. The fourth-order valence-corrected chi connectivity index (χ4v) is 2.64. The predicted molar refractivity (Wildman–Crippen MR) is 57.8 cm³/mol. The fraction of sp³-hybridized carbons (Fsp3) is 0.400. The van der Waals surface area contributed by atoms with Crippen LogP contribution in [0.2, 0.25) is 0 Å². The lowest BCUT2D eigenvalue weighted by Gasteiger charge is -2.16. The summed E-state index contributed by atoms with van der Waals surface area (Å²) in [6.07, 6.45) is 0. The topological polar surface area (TPSA) is 57.6 Å². The summed E-state index contributed by atoms with van der Waals surface area (Å²) < 4.78 is 38.0. The molecule has 6 heteroatoms. The van der Waals surface area contributed by atoms with Crippen molar-refractivity contribution >= 4 is 10.0 Å². The van der Waals surface area contributed by atoms with E-state index >= 15 is 0 Å². The van der Waals surface area contributed by atoms with Gasteiger partial charge in [0.2, 0.25) is 10.0 Å². The van der Waals surface area contributed by atoms with Gasteiger partial charge in [-0.25, -0.2) is 17.1 Å². The highest BCUT2D eigenvalue weighted by Crippen LogP contribution is 2.20. The lowest BCUT2D eigenvalue weighted by Crippen LogP contribution is -2.27. The number of halogens is 1. The molecular weight excluding hydrogens is 233 g/mol. The standard InChI is InChI=1S/C10H14FNO3S/c1-3-12(2)16(14,15)10-6-9(11)5-4-8(10)7-13/h4-6,13H,3,7H2,1-2H3. The number of rotatable bonds is 4. The van der Waals surface area contributed by atoms with Crippen LogP contribution in [-0.4, -0.2) is 31.4 Å². The molecule has 0 unspecified atom stereocenters. The van der Waals surface area contributed by atoms with Crippen LogP contribution >= 0.6 is 0 Å². The molecule has 0 saturated heterocycles. The second-order valence-corrected chi connectivity index (χ2v) is 5.34. The zero-order valence-corrected chi connectivity index (χ0v) is 9.96. The van der Waals surface area contributed by atoms with E-state index < -0.39 is 22.4 Å². The van der Waals surface area contributed by atoms with E-state index in [0.29, 0.717) is 0 Å². The van der Waals surface area contributed by atoms with Crippen LogP contribution in [0.25, 0.3) is 0 Å². The van der Waals surface area contributed by atoms with Gasteiger partial charge in [0.15, 0.2) is 0 Å². The van der Waals surface area contributed by atoms with Crippen molar-refractivity contribution < 1.29 is 17.9 Å². The normalized spacial score (nSPS) is 12.1. The minimum atomic E-state index is -3.72. The molecule has 1 aromatic carbocycles. The van der Waals surface area contributed by atoms with E-state index in [4.69, 9.17) is 5.11 Å². The van der Waals surface area contributed by atoms with E-state index in [0.717, 1.165) is 16.4 Å². The Morgan fingerprint density at radius 3 is 2.56 bits per heavy atom. The van der Waals surface area contributed by atoms with Crippen LogP contribution in [0.5, 0.6) is 0 Å². The lowest BCUT2D eigenvalue weighted by atomic mass is 10.2. The van der Waals surface area contributed by atoms with Crippen molar-refractivity contribution in [1.29, 1.82) is 0 Å². The molecular formula is C10H14FNO3S. The molecule has 0 saturated carbocycles. The van der Waals surface area contributed by atoms with E-state index in [2.05, 4.69) is 0 Å².